The van der Waals surface area contributed by atoms with Crippen molar-refractivity contribution in [2.45, 2.75) is 33.4 Å². The highest BCUT2D eigenvalue weighted by atomic mass is 16.5. The maximum atomic E-state index is 11.9. The number of amides is 2. The molecule has 2 amide bonds. The Bertz CT molecular complexity index is 1360. The summed E-state index contributed by atoms with van der Waals surface area (Å²) < 4.78 is 7.74. The highest BCUT2D eigenvalue weighted by Crippen LogP contribution is 2.32. The van der Waals surface area contributed by atoms with E-state index in [0.29, 0.717) is 44.4 Å². The summed E-state index contributed by atoms with van der Waals surface area (Å²) in [6, 6.07) is 7.42. The van der Waals surface area contributed by atoms with E-state index in [9.17, 15) is 4.79 Å². The summed E-state index contributed by atoms with van der Waals surface area (Å²) in [6.45, 7) is 9.25. The molecular formula is C25H29N9O2. The van der Waals surface area contributed by atoms with Gasteiger partial charge in [-0.1, -0.05) is 0 Å². The fourth-order valence-electron chi connectivity index (χ4n) is 4.33. The van der Waals surface area contributed by atoms with Crippen molar-refractivity contribution in [1.29, 1.82) is 0 Å². The fourth-order valence-corrected chi connectivity index (χ4v) is 4.33. The Labute approximate surface area is 209 Å². The zero-order chi connectivity index (χ0) is 25.1. The second-order valence-electron chi connectivity index (χ2n) is 8.53. The zero-order valence-electron chi connectivity index (χ0n) is 20.6. The Kier molecular flexibility index (Phi) is 6.72. The van der Waals surface area contributed by atoms with Gasteiger partial charge in [0.05, 0.1) is 24.8 Å². The molecule has 11 nitrogen and oxygen atoms in total. The van der Waals surface area contributed by atoms with Crippen LogP contribution in [0, 0.1) is 0 Å². The molecule has 2 N–H and O–H groups in total. The largest absolute Gasteiger partial charge is 0.377 e. The van der Waals surface area contributed by atoms with Crippen molar-refractivity contribution >= 4 is 28.7 Å². The monoisotopic (exact) mass is 487 g/mol. The number of fused-ring (bicyclic) bond motifs is 1. The maximum absolute atomic E-state index is 11.9. The molecule has 5 rings (SSSR count). The molecule has 0 bridgehead atoms. The zero-order valence-corrected chi connectivity index (χ0v) is 20.6. The molecule has 1 aromatic carbocycles. The number of aryl methyl sites for hydroxylation is 1. The van der Waals surface area contributed by atoms with Crippen LogP contribution in [0.1, 0.15) is 20.8 Å². The van der Waals surface area contributed by atoms with Gasteiger partial charge in [0, 0.05) is 43.3 Å². The number of nitrogens with one attached hydrogen (secondary N) is 2. The first-order valence-electron chi connectivity index (χ1n) is 12.1. The minimum absolute atomic E-state index is 0.142. The number of aromatic nitrogens is 6. The van der Waals surface area contributed by atoms with Crippen LogP contribution in [0.25, 0.3) is 33.9 Å². The molecule has 0 aliphatic carbocycles. The lowest BCUT2D eigenvalue weighted by molar-refractivity contribution is 0.0987. The Morgan fingerprint density at radius 1 is 1.08 bits per heavy atom. The molecule has 4 aromatic rings. The summed E-state index contributed by atoms with van der Waals surface area (Å²) in [7, 11) is 0. The lowest BCUT2D eigenvalue weighted by Gasteiger charge is -2.34. The number of carbonyl (C=O) groups excluding carboxylic acids is 1. The van der Waals surface area contributed by atoms with Gasteiger partial charge < -0.3 is 24.8 Å². The molecular weight excluding hydrogens is 458 g/mol. The third-order valence-corrected chi connectivity index (χ3v) is 6.09. The number of ether oxygens (including phenoxy) is 1. The molecule has 0 radical (unpaired) electrons. The molecule has 3 aromatic heterocycles. The van der Waals surface area contributed by atoms with Gasteiger partial charge in [-0.15, -0.1) is 0 Å². The lowest BCUT2D eigenvalue weighted by Crippen LogP contribution is -2.44. The first-order valence-corrected chi connectivity index (χ1v) is 12.1. The van der Waals surface area contributed by atoms with E-state index < -0.39 is 0 Å². The minimum Gasteiger partial charge on any atom is -0.377 e. The fraction of sp³-hybridized carbons (Fsp3) is 0.360. The Morgan fingerprint density at radius 2 is 1.86 bits per heavy atom. The molecule has 1 fully saturated rings. The SMILES string of the molecule is CCNC(=O)Nc1ccc(-c2nc(N3CCOC[C@@H]3C)c3nc(-c4cncnc4)n(CC)c3n2)cc1. The van der Waals surface area contributed by atoms with Crippen molar-refractivity contribution in [2.24, 2.45) is 0 Å². The third-order valence-electron chi connectivity index (χ3n) is 6.09. The molecule has 0 saturated carbocycles. The molecule has 36 heavy (non-hydrogen) atoms. The summed E-state index contributed by atoms with van der Waals surface area (Å²) in [6.07, 6.45) is 5.02. The highest BCUT2D eigenvalue weighted by molar-refractivity contribution is 5.90. The van der Waals surface area contributed by atoms with E-state index >= 15 is 0 Å². The number of hydrogen-bond acceptors (Lipinski definition) is 8. The van der Waals surface area contributed by atoms with Crippen molar-refractivity contribution in [3.05, 3.63) is 43.0 Å². The molecule has 186 valence electrons. The Morgan fingerprint density at radius 3 is 2.56 bits per heavy atom. The molecule has 0 unspecified atom stereocenters. The Balaban J connectivity index is 1.63. The molecule has 0 spiro atoms. The minimum atomic E-state index is -0.240. The number of imidazole rings is 1. The quantitative estimate of drug-likeness (QED) is 0.425. The van der Waals surface area contributed by atoms with Gasteiger partial charge in [0.2, 0.25) is 0 Å². The predicted molar refractivity (Wildman–Crippen MR) is 138 cm³/mol. The second kappa shape index (κ2) is 10.2. The van der Waals surface area contributed by atoms with Gasteiger partial charge in [-0.2, -0.15) is 0 Å². The van der Waals surface area contributed by atoms with Crippen LogP contribution in [-0.2, 0) is 11.3 Å². The number of urea groups is 1. The van der Waals surface area contributed by atoms with Crippen LogP contribution in [0.4, 0.5) is 16.3 Å². The van der Waals surface area contributed by atoms with Crippen molar-refractivity contribution < 1.29 is 9.53 Å². The molecule has 1 saturated heterocycles. The van der Waals surface area contributed by atoms with E-state index in [1.165, 1.54) is 6.33 Å². The van der Waals surface area contributed by atoms with E-state index in [2.05, 4.69) is 43.9 Å². The van der Waals surface area contributed by atoms with E-state index in [0.717, 1.165) is 33.9 Å². The molecule has 1 aliphatic heterocycles. The van der Waals surface area contributed by atoms with E-state index in [1.54, 1.807) is 12.4 Å². The van der Waals surface area contributed by atoms with E-state index in [-0.39, 0.29) is 12.1 Å². The first-order chi connectivity index (χ1) is 17.6. The normalized spacial score (nSPS) is 15.8. The summed E-state index contributed by atoms with van der Waals surface area (Å²) in [5.41, 5.74) is 3.84. The number of carbonyl (C=O) groups is 1. The maximum Gasteiger partial charge on any atom is 0.319 e. The standard InChI is InChI=1S/C25H29N9O2/c1-4-28-25(35)29-19-8-6-17(7-9-19)21-31-23-20(24(32-21)34-10-11-36-14-16(34)3)30-22(33(23)5-2)18-12-26-15-27-13-18/h6-9,12-13,15-16H,4-5,10-11,14H2,1-3H3,(H2,28,29,35)/t16-/m0/s1. The average Bonchev–Trinajstić information content (AvgIpc) is 3.28. The van der Waals surface area contributed by atoms with Crippen molar-refractivity contribution in [3.63, 3.8) is 0 Å². The van der Waals surface area contributed by atoms with Crippen LogP contribution in [0.2, 0.25) is 0 Å². The third kappa shape index (κ3) is 4.57. The average molecular weight is 488 g/mol. The first kappa shape index (κ1) is 23.6. The van der Waals surface area contributed by atoms with Gasteiger partial charge in [-0.05, 0) is 45.0 Å². The van der Waals surface area contributed by atoms with Crippen LogP contribution in [0.5, 0.6) is 0 Å². The van der Waals surface area contributed by atoms with Gasteiger partial charge in [-0.3, -0.25) is 0 Å². The van der Waals surface area contributed by atoms with Crippen molar-refractivity contribution in [2.75, 3.05) is 36.5 Å². The number of nitrogens with zero attached hydrogens (tertiary/aromatic N) is 7. The van der Waals surface area contributed by atoms with Crippen molar-refractivity contribution in [3.8, 4) is 22.8 Å². The van der Waals surface area contributed by atoms with Gasteiger partial charge in [0.15, 0.2) is 22.8 Å². The van der Waals surface area contributed by atoms with Crippen LogP contribution in [-0.4, -0.2) is 67.9 Å². The molecule has 1 atom stereocenters. The molecule has 1 aliphatic rings. The number of hydrogen-bond donors (Lipinski definition) is 2. The van der Waals surface area contributed by atoms with Gasteiger partial charge in [0.1, 0.15) is 12.2 Å². The predicted octanol–water partition coefficient (Wildman–Crippen LogP) is 3.34. The van der Waals surface area contributed by atoms with Gasteiger partial charge >= 0.3 is 6.03 Å². The van der Waals surface area contributed by atoms with Crippen molar-refractivity contribution in [1.82, 2.24) is 34.8 Å². The molecule has 11 heteroatoms. The summed E-state index contributed by atoms with van der Waals surface area (Å²) in [5.74, 6) is 2.12. The summed E-state index contributed by atoms with van der Waals surface area (Å²) in [5, 5.41) is 5.55. The van der Waals surface area contributed by atoms with Crippen LogP contribution in [0.15, 0.2) is 43.0 Å². The van der Waals surface area contributed by atoms with Crippen LogP contribution < -0.4 is 15.5 Å². The lowest BCUT2D eigenvalue weighted by atomic mass is 10.2. The summed E-state index contributed by atoms with van der Waals surface area (Å²) >= 11 is 0. The van der Waals surface area contributed by atoms with Gasteiger partial charge in [-0.25, -0.2) is 29.7 Å². The topological polar surface area (TPSA) is 123 Å². The Hall–Kier alpha value is -4.12. The number of morpholine rings is 1. The van der Waals surface area contributed by atoms with E-state index in [4.69, 9.17) is 19.7 Å². The smallest absolute Gasteiger partial charge is 0.319 e. The van der Waals surface area contributed by atoms with E-state index in [1.807, 2.05) is 31.2 Å². The second-order valence-corrected chi connectivity index (χ2v) is 8.53. The van der Waals surface area contributed by atoms with Crippen LogP contribution >= 0.6 is 0 Å². The number of anilines is 2. The molecule has 4 heterocycles. The van der Waals surface area contributed by atoms with Gasteiger partial charge in [0.25, 0.3) is 0 Å². The number of rotatable bonds is 6. The highest BCUT2D eigenvalue weighted by Gasteiger charge is 2.27. The van der Waals surface area contributed by atoms with Crippen LogP contribution in [0.3, 0.4) is 0 Å². The summed E-state index contributed by atoms with van der Waals surface area (Å²) in [4.78, 5) is 37.4. The number of benzene rings is 1.